The van der Waals surface area contributed by atoms with Crippen molar-refractivity contribution in [3.8, 4) is 0 Å². The summed E-state index contributed by atoms with van der Waals surface area (Å²) in [6, 6.07) is 0. The molecule has 0 aromatic rings. The highest BCUT2D eigenvalue weighted by Gasteiger charge is 2.26. The van der Waals surface area contributed by atoms with Crippen LogP contribution in [0.2, 0.25) is 0 Å². The quantitative estimate of drug-likeness (QED) is 0.810. The summed E-state index contributed by atoms with van der Waals surface area (Å²) in [5.74, 6) is -0.291. The molecule has 0 saturated carbocycles. The number of hydrogen-bond donors (Lipinski definition) is 1. The van der Waals surface area contributed by atoms with Crippen molar-refractivity contribution in [1.82, 2.24) is 9.80 Å². The van der Waals surface area contributed by atoms with Gasteiger partial charge >= 0.3 is 5.97 Å². The molecule has 6 nitrogen and oxygen atoms in total. The highest BCUT2D eigenvalue weighted by molar-refractivity contribution is 5.78. The van der Waals surface area contributed by atoms with Crippen LogP contribution in [0.3, 0.4) is 0 Å². The van der Waals surface area contributed by atoms with Crippen molar-refractivity contribution in [3.05, 3.63) is 0 Å². The summed E-state index contributed by atoms with van der Waals surface area (Å²) in [4.78, 5) is 26.9. The fraction of sp³-hybridized carbons (Fsp3) is 0.857. The van der Waals surface area contributed by atoms with Crippen LogP contribution < -0.4 is 0 Å². The number of likely N-dealkylation sites (tertiary alicyclic amines) is 1. The molecule has 0 aromatic heterocycles. The van der Waals surface area contributed by atoms with Crippen LogP contribution in [-0.2, 0) is 14.3 Å². The van der Waals surface area contributed by atoms with Gasteiger partial charge in [0.25, 0.3) is 0 Å². The predicted octanol–water partition coefficient (Wildman–Crippen LogP) is 0.420. The summed E-state index contributed by atoms with van der Waals surface area (Å²) in [6.45, 7) is 6.05. The van der Waals surface area contributed by atoms with Crippen LogP contribution in [0.25, 0.3) is 0 Å². The van der Waals surface area contributed by atoms with Crippen molar-refractivity contribution in [2.75, 3.05) is 39.3 Å². The summed E-state index contributed by atoms with van der Waals surface area (Å²) in [7, 11) is 0. The molecule has 1 N–H and O–H groups in total. The molecular formula is C14H24N2O4. The number of ether oxygens (including phenoxy) is 1. The minimum absolute atomic E-state index is 0.119. The highest BCUT2D eigenvalue weighted by Crippen LogP contribution is 2.20. The lowest BCUT2D eigenvalue weighted by Crippen LogP contribution is -2.49. The Morgan fingerprint density at radius 3 is 2.55 bits per heavy atom. The SMILES string of the molecule is CC1CN(C(=O)CN2CCC(CC(=O)O)CC2)CCO1. The van der Waals surface area contributed by atoms with E-state index in [-0.39, 0.29) is 24.3 Å². The van der Waals surface area contributed by atoms with Gasteiger partial charge in [0.2, 0.25) is 5.91 Å². The number of carbonyl (C=O) groups is 2. The molecule has 0 aliphatic carbocycles. The van der Waals surface area contributed by atoms with E-state index in [2.05, 4.69) is 4.90 Å². The van der Waals surface area contributed by atoms with Gasteiger partial charge in [-0.15, -0.1) is 0 Å². The Labute approximate surface area is 119 Å². The zero-order valence-corrected chi connectivity index (χ0v) is 12.1. The van der Waals surface area contributed by atoms with E-state index in [1.54, 1.807) is 0 Å². The third kappa shape index (κ3) is 4.45. The van der Waals surface area contributed by atoms with E-state index in [0.29, 0.717) is 26.2 Å². The monoisotopic (exact) mass is 284 g/mol. The first kappa shape index (κ1) is 15.3. The van der Waals surface area contributed by atoms with Crippen LogP contribution in [0.4, 0.5) is 0 Å². The summed E-state index contributed by atoms with van der Waals surface area (Å²) in [5.41, 5.74) is 0. The number of carbonyl (C=O) groups excluding carboxylic acids is 1. The maximum Gasteiger partial charge on any atom is 0.303 e. The van der Waals surface area contributed by atoms with Gasteiger partial charge in [-0.3, -0.25) is 14.5 Å². The molecular weight excluding hydrogens is 260 g/mol. The fourth-order valence-electron chi connectivity index (χ4n) is 2.93. The lowest BCUT2D eigenvalue weighted by molar-refractivity contribution is -0.141. The standard InChI is InChI=1S/C14H24N2O4/c1-11-9-16(6-7-20-11)13(17)10-15-4-2-12(3-5-15)8-14(18)19/h11-12H,2-10H2,1H3,(H,18,19). The first-order valence-corrected chi connectivity index (χ1v) is 7.38. The molecule has 0 bridgehead atoms. The van der Waals surface area contributed by atoms with Gasteiger partial charge in [-0.05, 0) is 38.8 Å². The second-order valence-corrected chi connectivity index (χ2v) is 5.84. The average Bonchev–Trinajstić information content (AvgIpc) is 2.40. The van der Waals surface area contributed by atoms with Gasteiger partial charge in [-0.1, -0.05) is 0 Å². The Bertz CT molecular complexity index is 353. The highest BCUT2D eigenvalue weighted by atomic mass is 16.5. The predicted molar refractivity (Wildman–Crippen MR) is 73.4 cm³/mol. The Balaban J connectivity index is 1.72. The lowest BCUT2D eigenvalue weighted by Gasteiger charge is -2.35. The first-order valence-electron chi connectivity index (χ1n) is 7.38. The fourth-order valence-corrected chi connectivity index (χ4v) is 2.93. The van der Waals surface area contributed by atoms with Crippen LogP contribution in [-0.4, -0.2) is 72.2 Å². The molecule has 2 heterocycles. The van der Waals surface area contributed by atoms with Crippen molar-refractivity contribution < 1.29 is 19.4 Å². The number of carboxylic acids is 1. The van der Waals surface area contributed by atoms with Crippen LogP contribution in [0.15, 0.2) is 0 Å². The first-order chi connectivity index (χ1) is 9.54. The number of nitrogens with zero attached hydrogens (tertiary/aromatic N) is 2. The second kappa shape index (κ2) is 7.04. The molecule has 2 saturated heterocycles. The lowest BCUT2D eigenvalue weighted by atomic mass is 9.93. The molecule has 2 rings (SSSR count). The molecule has 2 fully saturated rings. The summed E-state index contributed by atoms with van der Waals surface area (Å²) in [6.07, 6.45) is 2.12. The van der Waals surface area contributed by atoms with Crippen molar-refractivity contribution in [2.45, 2.75) is 32.3 Å². The molecule has 2 aliphatic heterocycles. The third-order valence-corrected chi connectivity index (χ3v) is 4.12. The Hall–Kier alpha value is -1.14. The molecule has 6 heteroatoms. The number of carboxylic acid groups (broad SMARTS) is 1. The third-order valence-electron chi connectivity index (χ3n) is 4.12. The van der Waals surface area contributed by atoms with E-state index in [1.165, 1.54) is 0 Å². The number of aliphatic carboxylic acids is 1. The molecule has 0 spiro atoms. The smallest absolute Gasteiger partial charge is 0.303 e. The Kier molecular flexibility index (Phi) is 5.37. The summed E-state index contributed by atoms with van der Waals surface area (Å²) in [5, 5.41) is 8.79. The number of amides is 1. The average molecular weight is 284 g/mol. The van der Waals surface area contributed by atoms with Crippen molar-refractivity contribution in [2.24, 2.45) is 5.92 Å². The van der Waals surface area contributed by atoms with E-state index in [9.17, 15) is 9.59 Å². The van der Waals surface area contributed by atoms with Crippen LogP contribution in [0.5, 0.6) is 0 Å². The largest absolute Gasteiger partial charge is 0.481 e. The molecule has 0 aromatic carbocycles. The van der Waals surface area contributed by atoms with Crippen LogP contribution >= 0.6 is 0 Å². The number of morpholine rings is 1. The summed E-state index contributed by atoms with van der Waals surface area (Å²) < 4.78 is 5.44. The van der Waals surface area contributed by atoms with Crippen LogP contribution in [0.1, 0.15) is 26.2 Å². The molecule has 0 radical (unpaired) electrons. The van der Waals surface area contributed by atoms with E-state index in [0.717, 1.165) is 25.9 Å². The van der Waals surface area contributed by atoms with Crippen LogP contribution in [0, 0.1) is 5.92 Å². The number of rotatable bonds is 4. The van der Waals surface area contributed by atoms with E-state index in [1.807, 2.05) is 11.8 Å². The maximum atomic E-state index is 12.2. The minimum atomic E-state index is -0.721. The van der Waals surface area contributed by atoms with Gasteiger partial charge in [0, 0.05) is 19.5 Å². The normalized spacial score (nSPS) is 25.6. The van der Waals surface area contributed by atoms with E-state index >= 15 is 0 Å². The van der Waals surface area contributed by atoms with Gasteiger partial charge in [0.05, 0.1) is 19.3 Å². The molecule has 2 aliphatic rings. The molecule has 1 atom stereocenters. The van der Waals surface area contributed by atoms with Gasteiger partial charge in [0.1, 0.15) is 0 Å². The second-order valence-electron chi connectivity index (χ2n) is 5.84. The van der Waals surface area contributed by atoms with E-state index in [4.69, 9.17) is 9.84 Å². The number of piperidine rings is 1. The number of hydrogen-bond acceptors (Lipinski definition) is 4. The minimum Gasteiger partial charge on any atom is -0.481 e. The zero-order chi connectivity index (χ0) is 14.5. The van der Waals surface area contributed by atoms with Gasteiger partial charge in [0.15, 0.2) is 0 Å². The molecule has 1 unspecified atom stereocenters. The Morgan fingerprint density at radius 2 is 1.95 bits per heavy atom. The maximum absolute atomic E-state index is 12.2. The van der Waals surface area contributed by atoms with Crippen molar-refractivity contribution in [1.29, 1.82) is 0 Å². The van der Waals surface area contributed by atoms with Crippen molar-refractivity contribution in [3.63, 3.8) is 0 Å². The molecule has 114 valence electrons. The zero-order valence-electron chi connectivity index (χ0n) is 12.1. The van der Waals surface area contributed by atoms with Crippen molar-refractivity contribution >= 4 is 11.9 Å². The summed E-state index contributed by atoms with van der Waals surface area (Å²) >= 11 is 0. The van der Waals surface area contributed by atoms with E-state index < -0.39 is 5.97 Å². The Morgan fingerprint density at radius 1 is 1.25 bits per heavy atom. The van der Waals surface area contributed by atoms with Gasteiger partial charge in [-0.25, -0.2) is 0 Å². The topological polar surface area (TPSA) is 70.1 Å². The molecule has 20 heavy (non-hydrogen) atoms. The van der Waals surface area contributed by atoms with Gasteiger partial charge in [-0.2, -0.15) is 0 Å². The van der Waals surface area contributed by atoms with Gasteiger partial charge < -0.3 is 14.7 Å². The molecule has 1 amide bonds.